The van der Waals surface area contributed by atoms with Gasteiger partial charge in [-0.15, -0.1) is 0 Å². The Morgan fingerprint density at radius 2 is 2.00 bits per heavy atom. The van der Waals surface area contributed by atoms with Crippen LogP contribution in [-0.2, 0) is 0 Å². The van der Waals surface area contributed by atoms with Crippen molar-refractivity contribution in [1.82, 2.24) is 4.98 Å². The van der Waals surface area contributed by atoms with E-state index in [4.69, 9.17) is 10.5 Å². The first-order chi connectivity index (χ1) is 8.91. The van der Waals surface area contributed by atoms with Crippen LogP contribution >= 0.6 is 0 Å². The van der Waals surface area contributed by atoms with E-state index in [0.29, 0.717) is 30.3 Å². The molecule has 1 fully saturated rings. The Hall–Kier alpha value is -1.66. The molecule has 0 aliphatic carbocycles. The molecule has 19 heavy (non-hydrogen) atoms. The van der Waals surface area contributed by atoms with E-state index >= 15 is 0 Å². The number of methoxy groups -OCH3 is 1. The first kappa shape index (κ1) is 13.8. The molecule has 0 unspecified atom stereocenters. The van der Waals surface area contributed by atoms with E-state index in [1.807, 2.05) is 4.90 Å². The van der Waals surface area contributed by atoms with Crippen LogP contribution < -0.4 is 15.4 Å². The summed E-state index contributed by atoms with van der Waals surface area (Å²) in [4.78, 5) is 5.96. The number of hydrogen-bond donors (Lipinski definition) is 1. The third-order valence-electron chi connectivity index (χ3n) is 3.38. The smallest absolute Gasteiger partial charge is 0.391 e. The van der Waals surface area contributed by atoms with Crippen LogP contribution in [0.4, 0.5) is 24.7 Å². The Morgan fingerprint density at radius 1 is 1.37 bits per heavy atom. The number of nitrogen functional groups attached to an aromatic ring is 1. The molecule has 1 aliphatic rings. The summed E-state index contributed by atoms with van der Waals surface area (Å²) in [5.41, 5.74) is 6.07. The van der Waals surface area contributed by atoms with Crippen molar-refractivity contribution in [3.63, 3.8) is 0 Å². The minimum absolute atomic E-state index is 0.0951. The Morgan fingerprint density at radius 3 is 2.53 bits per heavy atom. The molecular weight excluding hydrogens is 259 g/mol. The fraction of sp³-hybridized carbons (Fsp3) is 0.583. The standard InChI is InChI=1S/C12H16F3N3O/c1-19-10-6-11(17-7-9(10)16)18-4-2-8(3-5-18)12(13,14)15/h6-8H,2-5,16H2,1H3. The summed E-state index contributed by atoms with van der Waals surface area (Å²) in [7, 11) is 1.49. The Bertz CT molecular complexity index is 442. The maximum absolute atomic E-state index is 12.6. The highest BCUT2D eigenvalue weighted by atomic mass is 19.4. The molecule has 2 heterocycles. The summed E-state index contributed by atoms with van der Waals surface area (Å²) in [5, 5.41) is 0. The lowest BCUT2D eigenvalue weighted by Crippen LogP contribution is -2.39. The van der Waals surface area contributed by atoms with Crippen LogP contribution in [0.1, 0.15) is 12.8 Å². The quantitative estimate of drug-likeness (QED) is 0.900. The van der Waals surface area contributed by atoms with Crippen molar-refractivity contribution in [2.24, 2.45) is 5.92 Å². The highest BCUT2D eigenvalue weighted by molar-refractivity contribution is 5.57. The summed E-state index contributed by atoms with van der Waals surface area (Å²) in [6, 6.07) is 1.66. The average Bonchev–Trinajstić information content (AvgIpc) is 2.38. The molecule has 0 radical (unpaired) electrons. The summed E-state index contributed by atoms with van der Waals surface area (Å²) in [6.07, 6.45) is -2.45. The molecule has 1 aliphatic heterocycles. The zero-order valence-corrected chi connectivity index (χ0v) is 10.6. The molecule has 7 heteroatoms. The number of anilines is 2. The van der Waals surface area contributed by atoms with Crippen LogP contribution in [-0.4, -0.2) is 31.4 Å². The largest absolute Gasteiger partial charge is 0.494 e. The molecule has 2 N–H and O–H groups in total. The van der Waals surface area contributed by atoms with Gasteiger partial charge in [-0.3, -0.25) is 0 Å². The van der Waals surface area contributed by atoms with Crippen molar-refractivity contribution < 1.29 is 17.9 Å². The Labute approximate surface area is 109 Å². The van der Waals surface area contributed by atoms with Gasteiger partial charge in [-0.1, -0.05) is 0 Å². The van der Waals surface area contributed by atoms with E-state index in [1.165, 1.54) is 13.3 Å². The summed E-state index contributed by atoms with van der Waals surface area (Å²) in [5.74, 6) is -0.117. The molecule has 1 aromatic heterocycles. The lowest BCUT2D eigenvalue weighted by Gasteiger charge is -2.33. The molecule has 1 saturated heterocycles. The summed E-state index contributed by atoms with van der Waals surface area (Å²) >= 11 is 0. The maximum Gasteiger partial charge on any atom is 0.391 e. The second kappa shape index (κ2) is 5.14. The molecule has 2 rings (SSSR count). The zero-order valence-electron chi connectivity index (χ0n) is 10.6. The predicted molar refractivity (Wildman–Crippen MR) is 66.2 cm³/mol. The van der Waals surface area contributed by atoms with Gasteiger partial charge in [0.1, 0.15) is 11.6 Å². The van der Waals surface area contributed by atoms with Crippen LogP contribution in [0.15, 0.2) is 12.3 Å². The number of hydrogen-bond acceptors (Lipinski definition) is 4. The molecule has 0 atom stereocenters. The number of rotatable bonds is 2. The van der Waals surface area contributed by atoms with E-state index in [9.17, 15) is 13.2 Å². The highest BCUT2D eigenvalue weighted by Crippen LogP contribution is 2.35. The second-order valence-electron chi connectivity index (χ2n) is 4.59. The molecule has 4 nitrogen and oxygen atoms in total. The normalized spacial score (nSPS) is 17.6. The second-order valence-corrected chi connectivity index (χ2v) is 4.59. The Balaban J connectivity index is 2.05. The zero-order chi connectivity index (χ0) is 14.0. The lowest BCUT2D eigenvalue weighted by atomic mass is 9.96. The van der Waals surface area contributed by atoms with Crippen molar-refractivity contribution in [2.75, 3.05) is 30.8 Å². The monoisotopic (exact) mass is 275 g/mol. The van der Waals surface area contributed by atoms with Gasteiger partial charge in [0.15, 0.2) is 0 Å². The van der Waals surface area contributed by atoms with Gasteiger partial charge in [-0.25, -0.2) is 4.98 Å². The molecule has 0 spiro atoms. The number of pyridine rings is 1. The number of aromatic nitrogens is 1. The molecule has 0 saturated carbocycles. The molecule has 0 aromatic carbocycles. The SMILES string of the molecule is COc1cc(N2CCC(C(F)(F)F)CC2)ncc1N. The van der Waals surface area contributed by atoms with Crippen LogP contribution in [0.2, 0.25) is 0 Å². The van der Waals surface area contributed by atoms with Gasteiger partial charge in [-0.2, -0.15) is 13.2 Å². The van der Waals surface area contributed by atoms with Crippen molar-refractivity contribution in [1.29, 1.82) is 0 Å². The van der Waals surface area contributed by atoms with Gasteiger partial charge >= 0.3 is 6.18 Å². The van der Waals surface area contributed by atoms with Gasteiger partial charge in [0.2, 0.25) is 0 Å². The molecule has 1 aromatic rings. The maximum atomic E-state index is 12.6. The molecule has 0 bridgehead atoms. The van der Waals surface area contributed by atoms with E-state index in [1.54, 1.807) is 6.07 Å². The number of ether oxygens (including phenoxy) is 1. The Kier molecular flexibility index (Phi) is 3.73. The van der Waals surface area contributed by atoms with Crippen LogP contribution in [0, 0.1) is 5.92 Å². The van der Waals surface area contributed by atoms with E-state index in [0.717, 1.165) is 0 Å². The van der Waals surface area contributed by atoms with Crippen LogP contribution in [0.3, 0.4) is 0 Å². The summed E-state index contributed by atoms with van der Waals surface area (Å²) in [6.45, 7) is 0.675. The molecular formula is C12H16F3N3O. The minimum Gasteiger partial charge on any atom is -0.494 e. The van der Waals surface area contributed by atoms with Gasteiger partial charge in [-0.05, 0) is 12.8 Å². The van der Waals surface area contributed by atoms with Crippen molar-refractivity contribution in [3.05, 3.63) is 12.3 Å². The van der Waals surface area contributed by atoms with Gasteiger partial charge in [0, 0.05) is 19.2 Å². The molecule has 106 valence electrons. The number of nitrogens with zero attached hydrogens (tertiary/aromatic N) is 2. The van der Waals surface area contributed by atoms with Gasteiger partial charge < -0.3 is 15.4 Å². The minimum atomic E-state index is -4.10. The fourth-order valence-corrected chi connectivity index (χ4v) is 2.22. The van der Waals surface area contributed by atoms with E-state index < -0.39 is 12.1 Å². The predicted octanol–water partition coefficient (Wildman–Crippen LogP) is 2.45. The third kappa shape index (κ3) is 3.02. The van der Waals surface area contributed by atoms with Gasteiger partial charge in [0.25, 0.3) is 0 Å². The molecule has 0 amide bonds. The topological polar surface area (TPSA) is 51.4 Å². The van der Waals surface area contributed by atoms with Crippen molar-refractivity contribution >= 4 is 11.5 Å². The number of nitrogens with two attached hydrogens (primary N) is 1. The average molecular weight is 275 g/mol. The van der Waals surface area contributed by atoms with Crippen molar-refractivity contribution in [3.8, 4) is 5.75 Å². The fourth-order valence-electron chi connectivity index (χ4n) is 2.22. The first-order valence-corrected chi connectivity index (χ1v) is 6.03. The van der Waals surface area contributed by atoms with Crippen molar-refractivity contribution in [2.45, 2.75) is 19.0 Å². The number of halogens is 3. The lowest BCUT2D eigenvalue weighted by molar-refractivity contribution is -0.179. The van der Waals surface area contributed by atoms with Crippen LogP contribution in [0.25, 0.3) is 0 Å². The van der Waals surface area contributed by atoms with Crippen LogP contribution in [0.5, 0.6) is 5.75 Å². The van der Waals surface area contributed by atoms with E-state index in [2.05, 4.69) is 4.98 Å². The number of alkyl halides is 3. The third-order valence-corrected chi connectivity index (χ3v) is 3.38. The highest BCUT2D eigenvalue weighted by Gasteiger charge is 2.41. The van der Waals surface area contributed by atoms with E-state index in [-0.39, 0.29) is 12.8 Å². The number of piperidine rings is 1. The first-order valence-electron chi connectivity index (χ1n) is 6.03. The summed E-state index contributed by atoms with van der Waals surface area (Å²) < 4.78 is 42.8. The van der Waals surface area contributed by atoms with Gasteiger partial charge in [0.05, 0.1) is 24.9 Å².